The summed E-state index contributed by atoms with van der Waals surface area (Å²) in [6.07, 6.45) is 5.88. The first-order chi connectivity index (χ1) is 17.4. The average Bonchev–Trinajstić information content (AvgIpc) is 3.59. The van der Waals surface area contributed by atoms with Gasteiger partial charge >= 0.3 is 0 Å². The molecule has 3 heterocycles. The highest BCUT2D eigenvalue weighted by atomic mass is 15.0. The zero-order valence-corrected chi connectivity index (χ0v) is 18.9. The normalized spacial score (nSPS) is 13.5. The minimum Gasteiger partial charge on any atom is -0.290 e. The van der Waals surface area contributed by atoms with Crippen LogP contribution in [0.2, 0.25) is 0 Å². The quantitative estimate of drug-likeness (QED) is 0.229. The Balaban J connectivity index is 1.42. The van der Waals surface area contributed by atoms with E-state index < -0.39 is 0 Å². The van der Waals surface area contributed by atoms with E-state index in [1.54, 1.807) is 0 Å². The summed E-state index contributed by atoms with van der Waals surface area (Å²) in [4.78, 5) is 9.60. The van der Waals surface area contributed by atoms with Crippen molar-refractivity contribution in [3.63, 3.8) is 0 Å². The van der Waals surface area contributed by atoms with Gasteiger partial charge in [0, 0.05) is 17.0 Å². The third-order valence-electron chi connectivity index (χ3n) is 8.14. The van der Waals surface area contributed by atoms with E-state index in [0.717, 1.165) is 35.0 Å². The molecule has 3 heteroatoms. The molecule has 162 valence electrons. The smallest absolute Gasteiger partial charge is 0.146 e. The molecule has 35 heavy (non-hydrogen) atoms. The van der Waals surface area contributed by atoms with Crippen LogP contribution in [-0.2, 0) is 12.8 Å². The predicted octanol–water partition coefficient (Wildman–Crippen LogP) is 7.33. The molecule has 4 aromatic carbocycles. The second kappa shape index (κ2) is 6.13. The topological polar surface area (TPSA) is 30.2 Å². The monoisotopic (exact) mass is 445 g/mol. The third-order valence-corrected chi connectivity index (χ3v) is 8.14. The zero-order chi connectivity index (χ0) is 22.7. The van der Waals surface area contributed by atoms with Crippen LogP contribution in [0.4, 0.5) is 0 Å². The first-order valence-corrected chi connectivity index (χ1v) is 12.2. The number of hydrogen-bond donors (Lipinski definition) is 0. The van der Waals surface area contributed by atoms with E-state index in [4.69, 9.17) is 4.98 Å². The van der Waals surface area contributed by atoms with Gasteiger partial charge in [-0.05, 0) is 87.0 Å². The summed E-state index contributed by atoms with van der Waals surface area (Å²) in [5.41, 5.74) is 15.7. The Kier molecular flexibility index (Phi) is 3.14. The lowest BCUT2D eigenvalue weighted by Gasteiger charge is -2.13. The molecule has 7 aromatic rings. The number of aromatic nitrogens is 3. The minimum absolute atomic E-state index is 0.958. The number of hydrogen-bond acceptors (Lipinski definition) is 2. The van der Waals surface area contributed by atoms with Crippen LogP contribution in [0, 0.1) is 0 Å². The van der Waals surface area contributed by atoms with E-state index in [9.17, 15) is 0 Å². The number of pyridine rings is 2. The highest BCUT2D eigenvalue weighted by molar-refractivity contribution is 6.17. The zero-order valence-electron chi connectivity index (χ0n) is 18.9. The van der Waals surface area contributed by atoms with Crippen molar-refractivity contribution in [1.82, 2.24) is 14.4 Å². The van der Waals surface area contributed by atoms with Crippen molar-refractivity contribution in [3.8, 4) is 22.3 Å². The number of para-hydroxylation sites is 2. The van der Waals surface area contributed by atoms with Crippen LogP contribution in [-0.4, -0.2) is 14.4 Å². The van der Waals surface area contributed by atoms with Crippen molar-refractivity contribution in [3.05, 3.63) is 114 Å². The molecule has 0 radical (unpaired) electrons. The van der Waals surface area contributed by atoms with E-state index in [0.29, 0.717) is 0 Å². The molecule has 0 unspecified atom stereocenters. The van der Waals surface area contributed by atoms with Gasteiger partial charge in [0.05, 0.1) is 22.7 Å². The molecule has 0 bridgehead atoms. The Labute approximate surface area is 201 Å². The van der Waals surface area contributed by atoms with Crippen molar-refractivity contribution in [2.75, 3.05) is 0 Å². The van der Waals surface area contributed by atoms with Crippen molar-refractivity contribution in [2.24, 2.45) is 0 Å². The maximum atomic E-state index is 5.09. The number of imidazole rings is 1. The summed E-state index contributed by atoms with van der Waals surface area (Å²) in [5, 5.41) is 3.78. The van der Waals surface area contributed by atoms with Crippen molar-refractivity contribution >= 4 is 38.4 Å². The largest absolute Gasteiger partial charge is 0.290 e. The second-order valence-electron chi connectivity index (χ2n) is 9.80. The summed E-state index contributed by atoms with van der Waals surface area (Å²) in [6, 6.07) is 28.8. The first-order valence-electron chi connectivity index (χ1n) is 12.2. The van der Waals surface area contributed by atoms with Gasteiger partial charge in [0.2, 0.25) is 0 Å². The number of fused-ring (bicyclic) bond motifs is 16. The van der Waals surface area contributed by atoms with E-state index in [2.05, 4.69) is 88.2 Å². The third kappa shape index (κ3) is 2.12. The second-order valence-corrected chi connectivity index (χ2v) is 9.80. The number of nitrogens with zero attached hydrogens (tertiary/aromatic N) is 3. The Bertz CT molecular complexity index is 2060. The Morgan fingerprint density at radius 2 is 1.49 bits per heavy atom. The molecule has 0 amide bonds. The fourth-order valence-electron chi connectivity index (χ4n) is 6.72. The fourth-order valence-corrected chi connectivity index (χ4v) is 6.72. The summed E-state index contributed by atoms with van der Waals surface area (Å²) in [7, 11) is 0. The van der Waals surface area contributed by atoms with Gasteiger partial charge in [0.15, 0.2) is 0 Å². The van der Waals surface area contributed by atoms with Gasteiger partial charge in [0.1, 0.15) is 5.65 Å². The highest BCUT2D eigenvalue weighted by Crippen LogP contribution is 2.50. The van der Waals surface area contributed by atoms with Gasteiger partial charge < -0.3 is 0 Å². The van der Waals surface area contributed by atoms with Gasteiger partial charge in [-0.3, -0.25) is 9.38 Å². The van der Waals surface area contributed by atoms with Crippen LogP contribution in [0.15, 0.2) is 91.3 Å². The van der Waals surface area contributed by atoms with Gasteiger partial charge in [-0.15, -0.1) is 0 Å². The standard InChI is InChI=1S/C32H19N3/c1-2-6-20-18(5-1)15-25-21(20)10-9-19-16-26-22(30(19)25)11-12-24-31(26)23-13-14-33-17-29(23)35-28-8-4-3-7-27(28)34-32(24)35/h1-14,17H,15-16H2. The summed E-state index contributed by atoms with van der Waals surface area (Å²) >= 11 is 0. The van der Waals surface area contributed by atoms with E-state index in [-0.39, 0.29) is 0 Å². The Morgan fingerprint density at radius 1 is 0.629 bits per heavy atom. The van der Waals surface area contributed by atoms with E-state index in [1.807, 2.05) is 12.4 Å². The van der Waals surface area contributed by atoms with Gasteiger partial charge in [-0.1, -0.05) is 54.6 Å². The number of rotatable bonds is 0. The minimum atomic E-state index is 0.958. The predicted molar refractivity (Wildman–Crippen MR) is 142 cm³/mol. The first kappa shape index (κ1) is 17.9. The van der Waals surface area contributed by atoms with Crippen LogP contribution < -0.4 is 0 Å². The van der Waals surface area contributed by atoms with Gasteiger partial charge in [0.25, 0.3) is 0 Å². The Morgan fingerprint density at radius 3 is 2.49 bits per heavy atom. The lowest BCUT2D eigenvalue weighted by molar-refractivity contribution is 1.24. The molecule has 0 atom stereocenters. The highest BCUT2D eigenvalue weighted by Gasteiger charge is 2.30. The lowest BCUT2D eigenvalue weighted by atomic mass is 9.93. The van der Waals surface area contributed by atoms with E-state index in [1.165, 1.54) is 60.7 Å². The van der Waals surface area contributed by atoms with Crippen LogP contribution in [0.5, 0.6) is 0 Å². The summed E-state index contributed by atoms with van der Waals surface area (Å²) in [5.74, 6) is 0. The summed E-state index contributed by atoms with van der Waals surface area (Å²) < 4.78 is 2.28. The fraction of sp³-hybridized carbons (Fsp3) is 0.0625. The summed E-state index contributed by atoms with van der Waals surface area (Å²) in [6.45, 7) is 0. The molecule has 0 saturated carbocycles. The maximum absolute atomic E-state index is 5.09. The number of benzene rings is 4. The van der Waals surface area contributed by atoms with Gasteiger partial charge in [-0.2, -0.15) is 0 Å². The van der Waals surface area contributed by atoms with E-state index >= 15 is 0 Å². The van der Waals surface area contributed by atoms with Crippen LogP contribution in [0.3, 0.4) is 0 Å². The van der Waals surface area contributed by atoms with Crippen LogP contribution >= 0.6 is 0 Å². The molecule has 0 aliphatic heterocycles. The van der Waals surface area contributed by atoms with Crippen LogP contribution in [0.1, 0.15) is 22.3 Å². The molecule has 3 aromatic heterocycles. The van der Waals surface area contributed by atoms with Crippen LogP contribution in [0.25, 0.3) is 60.6 Å². The molecular formula is C32H19N3. The molecule has 0 spiro atoms. The molecule has 0 N–H and O–H groups in total. The average molecular weight is 446 g/mol. The molecule has 2 aliphatic rings. The molecule has 0 fully saturated rings. The molecular weight excluding hydrogens is 426 g/mol. The molecule has 2 aliphatic carbocycles. The maximum Gasteiger partial charge on any atom is 0.146 e. The van der Waals surface area contributed by atoms with Crippen molar-refractivity contribution < 1.29 is 0 Å². The molecule has 0 saturated heterocycles. The van der Waals surface area contributed by atoms with Crippen molar-refractivity contribution in [2.45, 2.75) is 12.8 Å². The SMILES string of the molecule is c1ccc2c(c1)Cc1c-2ccc2c1-c1ccc3c(c1C2)c1ccncc1n1c2ccccc2nc31. The molecule has 9 rings (SSSR count). The molecule has 3 nitrogen and oxygen atoms in total. The van der Waals surface area contributed by atoms with Crippen molar-refractivity contribution in [1.29, 1.82) is 0 Å². The van der Waals surface area contributed by atoms with Gasteiger partial charge in [-0.25, -0.2) is 4.98 Å². The Hall–Kier alpha value is -4.50. The lowest BCUT2D eigenvalue weighted by Crippen LogP contribution is -1.95.